The average molecular weight is 422 g/mol. The summed E-state index contributed by atoms with van der Waals surface area (Å²) >= 11 is 0. The first kappa shape index (κ1) is 20.8. The Morgan fingerprint density at radius 1 is 1.06 bits per heavy atom. The molecule has 2 aromatic rings. The number of rotatable bonds is 7. The van der Waals surface area contributed by atoms with E-state index in [0.717, 1.165) is 36.9 Å². The van der Waals surface area contributed by atoms with Gasteiger partial charge >= 0.3 is 0 Å². The fourth-order valence-electron chi connectivity index (χ4n) is 3.83. The number of likely N-dealkylation sites (tertiary alicyclic amines) is 1. The molecular formula is C23H26N4O4. The molecule has 1 unspecified atom stereocenters. The van der Waals surface area contributed by atoms with Crippen LogP contribution in [0.4, 0.5) is 17.1 Å². The molecule has 2 amide bonds. The number of nitrogens with one attached hydrogen (secondary N) is 2. The van der Waals surface area contributed by atoms with E-state index >= 15 is 0 Å². The van der Waals surface area contributed by atoms with E-state index < -0.39 is 4.92 Å². The van der Waals surface area contributed by atoms with Crippen LogP contribution in [0.5, 0.6) is 0 Å². The molecule has 0 bridgehead atoms. The van der Waals surface area contributed by atoms with Crippen molar-refractivity contribution >= 4 is 28.9 Å². The third kappa shape index (κ3) is 4.84. The second-order valence-corrected chi connectivity index (χ2v) is 8.24. The second kappa shape index (κ2) is 8.75. The van der Waals surface area contributed by atoms with Gasteiger partial charge in [-0.05, 0) is 62.4 Å². The number of benzene rings is 2. The van der Waals surface area contributed by atoms with Gasteiger partial charge in [0.05, 0.1) is 4.92 Å². The highest BCUT2D eigenvalue weighted by molar-refractivity contribution is 5.99. The fourth-order valence-corrected chi connectivity index (χ4v) is 3.83. The van der Waals surface area contributed by atoms with Gasteiger partial charge in [0.1, 0.15) is 5.56 Å². The first-order valence-electron chi connectivity index (χ1n) is 10.7. The summed E-state index contributed by atoms with van der Waals surface area (Å²) in [7, 11) is 0. The van der Waals surface area contributed by atoms with Crippen molar-refractivity contribution in [1.82, 2.24) is 4.90 Å². The lowest BCUT2D eigenvalue weighted by Gasteiger charge is -2.19. The minimum Gasteiger partial charge on any atom is -0.378 e. The third-order valence-corrected chi connectivity index (χ3v) is 5.83. The molecule has 8 nitrogen and oxygen atoms in total. The molecule has 2 fully saturated rings. The van der Waals surface area contributed by atoms with Gasteiger partial charge in [0.15, 0.2) is 0 Å². The fraction of sp³-hybridized carbons (Fsp3) is 0.391. The van der Waals surface area contributed by atoms with E-state index in [0.29, 0.717) is 18.8 Å². The standard InChI is InChI=1S/C23H26N4O4/c1-15(16-6-8-18(9-7-16)25-22(28)17-4-5-17)24-19-10-11-21(27(30)31)20(14-19)23(29)26-12-2-3-13-26/h6-11,14-15,17,24H,2-5,12-13H2,1H3,(H,25,28). The maximum atomic E-state index is 12.8. The van der Waals surface area contributed by atoms with Crippen molar-refractivity contribution in [3.8, 4) is 0 Å². The summed E-state index contributed by atoms with van der Waals surface area (Å²) in [5.74, 6) is -0.0730. The van der Waals surface area contributed by atoms with E-state index in [1.165, 1.54) is 6.07 Å². The van der Waals surface area contributed by atoms with E-state index in [4.69, 9.17) is 0 Å². The van der Waals surface area contributed by atoms with E-state index in [9.17, 15) is 19.7 Å². The third-order valence-electron chi connectivity index (χ3n) is 5.83. The van der Waals surface area contributed by atoms with Crippen molar-refractivity contribution in [2.75, 3.05) is 23.7 Å². The topological polar surface area (TPSA) is 105 Å². The Morgan fingerprint density at radius 2 is 1.71 bits per heavy atom. The van der Waals surface area contributed by atoms with Gasteiger partial charge in [-0.3, -0.25) is 19.7 Å². The number of hydrogen-bond acceptors (Lipinski definition) is 5. The SMILES string of the molecule is CC(Nc1ccc([N+](=O)[O-])c(C(=O)N2CCCC2)c1)c1ccc(NC(=O)C2CC2)cc1. The summed E-state index contributed by atoms with van der Waals surface area (Å²) in [6.45, 7) is 3.24. The molecule has 0 aromatic heterocycles. The van der Waals surface area contributed by atoms with Crippen molar-refractivity contribution < 1.29 is 14.5 Å². The van der Waals surface area contributed by atoms with Crippen molar-refractivity contribution in [3.05, 3.63) is 63.7 Å². The molecule has 8 heteroatoms. The molecular weight excluding hydrogens is 396 g/mol. The smallest absolute Gasteiger partial charge is 0.282 e. The van der Waals surface area contributed by atoms with Gasteiger partial charge in [0.2, 0.25) is 5.91 Å². The molecule has 0 spiro atoms. The second-order valence-electron chi connectivity index (χ2n) is 8.24. The zero-order valence-corrected chi connectivity index (χ0v) is 17.5. The van der Waals surface area contributed by atoms with Crippen molar-refractivity contribution in [2.45, 2.75) is 38.6 Å². The Labute approximate surface area is 180 Å². The number of carbonyl (C=O) groups is 2. The Morgan fingerprint density at radius 3 is 2.32 bits per heavy atom. The van der Waals surface area contributed by atoms with Crippen LogP contribution in [0.1, 0.15) is 54.6 Å². The maximum Gasteiger partial charge on any atom is 0.282 e. The zero-order chi connectivity index (χ0) is 22.0. The summed E-state index contributed by atoms with van der Waals surface area (Å²) < 4.78 is 0. The number of hydrogen-bond donors (Lipinski definition) is 2. The van der Waals surface area contributed by atoms with E-state index in [1.807, 2.05) is 31.2 Å². The quantitative estimate of drug-likeness (QED) is 0.510. The summed E-state index contributed by atoms with van der Waals surface area (Å²) in [5.41, 5.74) is 2.34. The summed E-state index contributed by atoms with van der Waals surface area (Å²) in [4.78, 5) is 37.3. The number of nitro benzene ring substituents is 1. The first-order valence-corrected chi connectivity index (χ1v) is 10.7. The summed E-state index contributed by atoms with van der Waals surface area (Å²) in [6.07, 6.45) is 3.77. The van der Waals surface area contributed by atoms with Crippen molar-refractivity contribution in [2.24, 2.45) is 5.92 Å². The molecule has 4 rings (SSSR count). The molecule has 2 aromatic carbocycles. The van der Waals surface area contributed by atoms with Crippen LogP contribution in [0.15, 0.2) is 42.5 Å². The molecule has 2 aliphatic rings. The van der Waals surface area contributed by atoms with Crippen LogP contribution in [-0.4, -0.2) is 34.7 Å². The molecule has 1 saturated heterocycles. The van der Waals surface area contributed by atoms with Crippen LogP contribution < -0.4 is 10.6 Å². The Hall–Kier alpha value is -3.42. The van der Waals surface area contributed by atoms with Gasteiger partial charge in [-0.2, -0.15) is 0 Å². The average Bonchev–Trinajstić information content (AvgIpc) is 3.48. The molecule has 1 atom stereocenters. The minimum atomic E-state index is -0.509. The van der Waals surface area contributed by atoms with Gasteiger partial charge in [-0.1, -0.05) is 12.1 Å². The van der Waals surface area contributed by atoms with Crippen LogP contribution in [0, 0.1) is 16.0 Å². The predicted molar refractivity (Wildman–Crippen MR) is 118 cm³/mol. The van der Waals surface area contributed by atoms with Crippen LogP contribution in [0.2, 0.25) is 0 Å². The highest BCUT2D eigenvalue weighted by atomic mass is 16.6. The van der Waals surface area contributed by atoms with Gasteiger partial charge in [0.25, 0.3) is 11.6 Å². The number of amides is 2. The van der Waals surface area contributed by atoms with Gasteiger partial charge in [0, 0.05) is 42.5 Å². The van der Waals surface area contributed by atoms with Gasteiger partial charge in [-0.15, -0.1) is 0 Å². The monoisotopic (exact) mass is 422 g/mol. The first-order chi connectivity index (χ1) is 14.9. The van der Waals surface area contributed by atoms with Crippen LogP contribution in [-0.2, 0) is 4.79 Å². The molecule has 1 saturated carbocycles. The normalized spacial score (nSPS) is 16.6. The molecule has 31 heavy (non-hydrogen) atoms. The number of nitro groups is 1. The molecule has 1 heterocycles. The molecule has 162 valence electrons. The van der Waals surface area contributed by atoms with E-state index in [1.54, 1.807) is 17.0 Å². The maximum absolute atomic E-state index is 12.8. The predicted octanol–water partition coefficient (Wildman–Crippen LogP) is 4.35. The van der Waals surface area contributed by atoms with E-state index in [2.05, 4.69) is 10.6 Å². The minimum absolute atomic E-state index is 0.0694. The lowest BCUT2D eigenvalue weighted by atomic mass is 10.1. The number of carbonyl (C=O) groups excluding carboxylic acids is 2. The molecule has 1 aliphatic heterocycles. The molecule has 0 radical (unpaired) electrons. The highest BCUT2D eigenvalue weighted by Gasteiger charge is 2.29. The highest BCUT2D eigenvalue weighted by Crippen LogP contribution is 2.31. The number of nitrogens with zero attached hydrogens (tertiary/aromatic N) is 2. The Kier molecular flexibility index (Phi) is 5.88. The zero-order valence-electron chi connectivity index (χ0n) is 17.5. The Balaban J connectivity index is 1.47. The van der Waals surface area contributed by atoms with Crippen molar-refractivity contribution in [3.63, 3.8) is 0 Å². The van der Waals surface area contributed by atoms with E-state index in [-0.39, 0.29) is 35.0 Å². The van der Waals surface area contributed by atoms with Crippen LogP contribution in [0.3, 0.4) is 0 Å². The van der Waals surface area contributed by atoms with Crippen molar-refractivity contribution in [1.29, 1.82) is 0 Å². The molecule has 1 aliphatic carbocycles. The summed E-state index contributed by atoms with van der Waals surface area (Å²) in [6, 6.07) is 12.1. The lowest BCUT2D eigenvalue weighted by molar-refractivity contribution is -0.385. The lowest BCUT2D eigenvalue weighted by Crippen LogP contribution is -2.28. The van der Waals surface area contributed by atoms with Gasteiger partial charge < -0.3 is 15.5 Å². The summed E-state index contributed by atoms with van der Waals surface area (Å²) in [5, 5.41) is 17.7. The Bertz CT molecular complexity index is 995. The van der Waals surface area contributed by atoms with Crippen LogP contribution >= 0.6 is 0 Å². The largest absolute Gasteiger partial charge is 0.378 e. The number of anilines is 2. The molecule has 2 N–H and O–H groups in total. The van der Waals surface area contributed by atoms with Crippen LogP contribution in [0.25, 0.3) is 0 Å². The van der Waals surface area contributed by atoms with Gasteiger partial charge in [-0.25, -0.2) is 0 Å².